The van der Waals surface area contributed by atoms with Gasteiger partial charge in [0.05, 0.1) is 18.3 Å². The zero-order chi connectivity index (χ0) is 17.9. The number of hydrogen-bond donors (Lipinski definition) is 3. The van der Waals surface area contributed by atoms with Gasteiger partial charge >= 0.3 is 0 Å². The van der Waals surface area contributed by atoms with E-state index in [-0.39, 0.29) is 24.3 Å². The Bertz CT molecular complexity index is 736. The molecule has 7 nitrogen and oxygen atoms in total. The van der Waals surface area contributed by atoms with E-state index in [2.05, 4.69) is 15.6 Å². The maximum Gasteiger partial charge on any atom is 0.245 e. The quantitative estimate of drug-likeness (QED) is 0.738. The van der Waals surface area contributed by atoms with Crippen molar-refractivity contribution in [3.05, 3.63) is 23.0 Å². The molecule has 0 saturated heterocycles. The molecule has 2 heterocycles. The van der Waals surface area contributed by atoms with Gasteiger partial charge in [0.15, 0.2) is 5.13 Å². The molecular formula is C16H22N4O3S. The van der Waals surface area contributed by atoms with Gasteiger partial charge in [-0.15, -0.1) is 11.3 Å². The molecule has 0 radical (unpaired) electrons. The van der Waals surface area contributed by atoms with Crippen LogP contribution in [-0.2, 0) is 9.59 Å². The number of nitrogens with two attached hydrogens (primary N) is 1. The van der Waals surface area contributed by atoms with Crippen LogP contribution in [0, 0.1) is 19.8 Å². The highest BCUT2D eigenvalue weighted by Gasteiger charge is 2.18. The lowest BCUT2D eigenvalue weighted by atomic mass is 10.1. The molecule has 0 aliphatic heterocycles. The van der Waals surface area contributed by atoms with Crippen LogP contribution in [0.2, 0.25) is 0 Å². The van der Waals surface area contributed by atoms with E-state index in [1.165, 1.54) is 11.3 Å². The highest BCUT2D eigenvalue weighted by atomic mass is 32.1. The van der Waals surface area contributed by atoms with Crippen molar-refractivity contribution in [1.82, 2.24) is 10.3 Å². The Balaban J connectivity index is 1.91. The summed E-state index contributed by atoms with van der Waals surface area (Å²) in [5.41, 5.74) is 7.37. The molecule has 0 spiro atoms. The van der Waals surface area contributed by atoms with E-state index in [9.17, 15) is 9.59 Å². The predicted octanol–water partition coefficient (Wildman–Crippen LogP) is 2.06. The van der Waals surface area contributed by atoms with Gasteiger partial charge in [0.1, 0.15) is 11.5 Å². The van der Waals surface area contributed by atoms with Gasteiger partial charge < -0.3 is 20.8 Å². The van der Waals surface area contributed by atoms with Gasteiger partial charge in [0.25, 0.3) is 0 Å². The number of rotatable bonds is 6. The van der Waals surface area contributed by atoms with Crippen LogP contribution in [0.3, 0.4) is 0 Å². The van der Waals surface area contributed by atoms with Crippen molar-refractivity contribution in [2.45, 2.75) is 33.7 Å². The minimum Gasteiger partial charge on any atom is -0.466 e. The lowest BCUT2D eigenvalue weighted by Crippen LogP contribution is -2.46. The predicted molar refractivity (Wildman–Crippen MR) is 93.7 cm³/mol. The molecule has 2 amide bonds. The number of furan rings is 1. The number of nitrogens with zero attached hydrogens (tertiary/aromatic N) is 1. The summed E-state index contributed by atoms with van der Waals surface area (Å²) in [5, 5.41) is 7.50. The molecule has 0 aliphatic carbocycles. The SMILES string of the molecule is Cc1cc(-c2csc(NC(=O)CNC(=O)[C@@H](N)C(C)C)n2)c(C)o1. The van der Waals surface area contributed by atoms with E-state index in [0.717, 1.165) is 22.8 Å². The number of aryl methyl sites for hydroxylation is 2. The Labute approximate surface area is 144 Å². The largest absolute Gasteiger partial charge is 0.466 e. The second-order valence-corrected chi connectivity index (χ2v) is 6.76. The first-order valence-electron chi connectivity index (χ1n) is 7.64. The first-order valence-corrected chi connectivity index (χ1v) is 8.52. The van der Waals surface area contributed by atoms with E-state index < -0.39 is 6.04 Å². The van der Waals surface area contributed by atoms with Crippen LogP contribution < -0.4 is 16.4 Å². The van der Waals surface area contributed by atoms with Crippen LogP contribution in [0.5, 0.6) is 0 Å². The van der Waals surface area contributed by atoms with Crippen LogP contribution in [-0.4, -0.2) is 29.4 Å². The van der Waals surface area contributed by atoms with Crippen molar-refractivity contribution in [3.63, 3.8) is 0 Å². The van der Waals surface area contributed by atoms with Crippen LogP contribution in [0.1, 0.15) is 25.4 Å². The van der Waals surface area contributed by atoms with Gasteiger partial charge in [-0.2, -0.15) is 0 Å². The number of aromatic nitrogens is 1. The molecule has 130 valence electrons. The fraction of sp³-hybridized carbons (Fsp3) is 0.438. The monoisotopic (exact) mass is 350 g/mol. The van der Waals surface area contributed by atoms with Gasteiger partial charge in [-0.3, -0.25) is 9.59 Å². The van der Waals surface area contributed by atoms with Crippen molar-refractivity contribution in [2.24, 2.45) is 11.7 Å². The molecular weight excluding hydrogens is 328 g/mol. The summed E-state index contributed by atoms with van der Waals surface area (Å²) in [6.07, 6.45) is 0. The summed E-state index contributed by atoms with van der Waals surface area (Å²) in [6.45, 7) is 7.30. The number of thiazole rings is 1. The minimum atomic E-state index is -0.628. The van der Waals surface area contributed by atoms with Crippen LogP contribution in [0.25, 0.3) is 11.3 Å². The first-order chi connectivity index (χ1) is 11.3. The number of carbonyl (C=O) groups excluding carboxylic acids is 2. The highest BCUT2D eigenvalue weighted by molar-refractivity contribution is 7.14. The van der Waals surface area contributed by atoms with Crippen molar-refractivity contribution < 1.29 is 14.0 Å². The van der Waals surface area contributed by atoms with E-state index in [1.54, 1.807) is 0 Å². The lowest BCUT2D eigenvalue weighted by Gasteiger charge is -2.14. The Morgan fingerprint density at radius 1 is 1.38 bits per heavy atom. The second-order valence-electron chi connectivity index (χ2n) is 5.90. The van der Waals surface area contributed by atoms with Gasteiger partial charge in [-0.25, -0.2) is 4.98 Å². The number of nitrogens with one attached hydrogen (secondary N) is 2. The summed E-state index contributed by atoms with van der Waals surface area (Å²) in [6, 6.07) is 1.28. The average Bonchev–Trinajstić information content (AvgIpc) is 3.09. The lowest BCUT2D eigenvalue weighted by molar-refractivity contribution is -0.125. The Hall–Kier alpha value is -2.19. The third kappa shape index (κ3) is 4.42. The molecule has 0 aliphatic rings. The van der Waals surface area contributed by atoms with Crippen molar-refractivity contribution in [3.8, 4) is 11.3 Å². The topological polar surface area (TPSA) is 110 Å². The zero-order valence-electron chi connectivity index (χ0n) is 14.2. The van der Waals surface area contributed by atoms with Crippen molar-refractivity contribution in [2.75, 3.05) is 11.9 Å². The smallest absolute Gasteiger partial charge is 0.245 e. The fourth-order valence-electron chi connectivity index (χ4n) is 2.09. The molecule has 2 rings (SSSR count). The Kier molecular flexibility index (Phi) is 5.74. The fourth-order valence-corrected chi connectivity index (χ4v) is 2.82. The van der Waals surface area contributed by atoms with Gasteiger partial charge in [0, 0.05) is 10.9 Å². The molecule has 0 fully saturated rings. The summed E-state index contributed by atoms with van der Waals surface area (Å²) < 4.78 is 5.48. The van der Waals surface area contributed by atoms with E-state index in [4.69, 9.17) is 10.2 Å². The molecule has 0 saturated carbocycles. The third-order valence-corrected chi connectivity index (χ3v) is 4.27. The van der Waals surface area contributed by atoms with Crippen molar-refractivity contribution >= 4 is 28.3 Å². The summed E-state index contributed by atoms with van der Waals surface area (Å²) >= 11 is 1.31. The van der Waals surface area contributed by atoms with Gasteiger partial charge in [-0.05, 0) is 25.8 Å². The standard InChI is InChI=1S/C16H22N4O3S/c1-8(2)14(17)15(22)18-6-13(21)20-16-19-12(7-24-16)11-5-9(3)23-10(11)4/h5,7-8,14H,6,17H2,1-4H3,(H,18,22)(H,19,20,21)/t14-/m0/s1. The van der Waals surface area contributed by atoms with Crippen LogP contribution in [0.4, 0.5) is 5.13 Å². The normalized spacial score (nSPS) is 12.2. The molecule has 0 aromatic carbocycles. The van der Waals surface area contributed by atoms with E-state index in [1.807, 2.05) is 39.1 Å². The first kappa shape index (κ1) is 18.2. The molecule has 2 aromatic rings. The molecule has 24 heavy (non-hydrogen) atoms. The zero-order valence-corrected chi connectivity index (χ0v) is 15.0. The molecule has 2 aromatic heterocycles. The molecule has 0 unspecified atom stereocenters. The highest BCUT2D eigenvalue weighted by Crippen LogP contribution is 2.29. The number of anilines is 1. The van der Waals surface area contributed by atoms with Gasteiger partial charge in [-0.1, -0.05) is 13.8 Å². The summed E-state index contributed by atoms with van der Waals surface area (Å²) in [7, 11) is 0. The van der Waals surface area contributed by atoms with E-state index >= 15 is 0 Å². The maximum absolute atomic E-state index is 11.9. The third-order valence-electron chi connectivity index (χ3n) is 3.51. The molecule has 0 bridgehead atoms. The minimum absolute atomic E-state index is 0.0104. The number of amides is 2. The van der Waals surface area contributed by atoms with Crippen LogP contribution in [0.15, 0.2) is 15.9 Å². The number of hydrogen-bond acceptors (Lipinski definition) is 6. The Morgan fingerprint density at radius 2 is 2.08 bits per heavy atom. The Morgan fingerprint density at radius 3 is 2.67 bits per heavy atom. The molecule has 8 heteroatoms. The maximum atomic E-state index is 11.9. The van der Waals surface area contributed by atoms with Crippen LogP contribution >= 0.6 is 11.3 Å². The molecule has 4 N–H and O–H groups in total. The van der Waals surface area contributed by atoms with Crippen molar-refractivity contribution in [1.29, 1.82) is 0 Å². The summed E-state index contributed by atoms with van der Waals surface area (Å²) in [5.74, 6) is 0.914. The molecule has 1 atom stereocenters. The summed E-state index contributed by atoms with van der Waals surface area (Å²) in [4.78, 5) is 28.0. The number of carbonyl (C=O) groups is 2. The van der Waals surface area contributed by atoms with E-state index in [0.29, 0.717) is 5.13 Å². The average molecular weight is 350 g/mol. The van der Waals surface area contributed by atoms with Gasteiger partial charge in [0.2, 0.25) is 11.8 Å². The second kappa shape index (κ2) is 7.59.